The molecule has 5 unspecified atom stereocenters. The van der Waals surface area contributed by atoms with Crippen LogP contribution in [0, 0.1) is 5.92 Å². The minimum atomic E-state index is -0.779. The molecule has 16 heavy (non-hydrogen) atoms. The average molecular weight is 229 g/mol. The Labute approximate surface area is 95.1 Å². The second-order valence-electron chi connectivity index (χ2n) is 4.61. The lowest BCUT2D eigenvalue weighted by Crippen LogP contribution is -2.50. The molecule has 5 nitrogen and oxygen atoms in total. The number of nitrogens with one attached hydrogen (secondary N) is 1. The smallest absolute Gasteiger partial charge is 0.320 e. The Morgan fingerprint density at radius 2 is 1.88 bits per heavy atom. The van der Waals surface area contributed by atoms with Crippen LogP contribution in [0.2, 0.25) is 0 Å². The normalized spacial score (nSPS) is 43.0. The fraction of sp³-hybridized carbons (Fsp3) is 0.909. The van der Waals surface area contributed by atoms with Crippen molar-refractivity contribution in [3.05, 3.63) is 0 Å². The van der Waals surface area contributed by atoms with E-state index in [4.69, 9.17) is 14.6 Å². The van der Waals surface area contributed by atoms with Crippen molar-refractivity contribution < 1.29 is 19.4 Å². The van der Waals surface area contributed by atoms with Crippen LogP contribution in [-0.2, 0) is 14.3 Å². The Morgan fingerprint density at radius 1 is 1.25 bits per heavy atom. The summed E-state index contributed by atoms with van der Waals surface area (Å²) in [6.45, 7) is 0. The fourth-order valence-electron chi connectivity index (χ4n) is 3.06. The quantitative estimate of drug-likeness (QED) is 0.725. The van der Waals surface area contributed by atoms with Crippen LogP contribution < -0.4 is 5.32 Å². The van der Waals surface area contributed by atoms with Gasteiger partial charge in [-0.15, -0.1) is 0 Å². The molecule has 0 aromatic rings. The molecule has 0 spiro atoms. The third-order valence-electron chi connectivity index (χ3n) is 3.88. The molecule has 2 N–H and O–H groups in total. The number of aliphatic carboxylic acids is 1. The van der Waals surface area contributed by atoms with E-state index in [0.29, 0.717) is 6.42 Å². The van der Waals surface area contributed by atoms with Gasteiger partial charge < -0.3 is 14.6 Å². The van der Waals surface area contributed by atoms with Gasteiger partial charge >= 0.3 is 5.97 Å². The molecular formula is C11H19NO4. The zero-order valence-electron chi connectivity index (χ0n) is 9.68. The lowest BCUT2D eigenvalue weighted by molar-refractivity contribution is -0.139. The molecule has 0 bridgehead atoms. The third-order valence-corrected chi connectivity index (χ3v) is 3.88. The van der Waals surface area contributed by atoms with Crippen LogP contribution >= 0.6 is 0 Å². The number of methoxy groups -OCH3 is 2. The summed E-state index contributed by atoms with van der Waals surface area (Å²) in [5.41, 5.74) is 0. The Kier molecular flexibility index (Phi) is 3.47. The van der Waals surface area contributed by atoms with Crippen LogP contribution in [0.25, 0.3) is 0 Å². The molecule has 5 atom stereocenters. The summed E-state index contributed by atoms with van der Waals surface area (Å²) in [5, 5.41) is 12.2. The van der Waals surface area contributed by atoms with Gasteiger partial charge in [0.25, 0.3) is 0 Å². The van der Waals surface area contributed by atoms with E-state index >= 15 is 0 Å². The molecule has 0 aromatic carbocycles. The monoisotopic (exact) mass is 229 g/mol. The first-order valence-electron chi connectivity index (χ1n) is 5.71. The van der Waals surface area contributed by atoms with Gasteiger partial charge in [-0.25, -0.2) is 0 Å². The Balaban J connectivity index is 2.11. The molecule has 0 radical (unpaired) electrons. The molecule has 1 aliphatic heterocycles. The summed E-state index contributed by atoms with van der Waals surface area (Å²) in [4.78, 5) is 11.0. The molecule has 2 rings (SSSR count). The lowest BCUT2D eigenvalue weighted by Gasteiger charge is -2.37. The average Bonchev–Trinajstić information content (AvgIpc) is 2.72. The summed E-state index contributed by atoms with van der Waals surface area (Å²) in [6, 6.07) is -0.340. The highest BCUT2D eigenvalue weighted by Gasteiger charge is 2.47. The van der Waals surface area contributed by atoms with Gasteiger partial charge in [0.05, 0.1) is 12.2 Å². The van der Waals surface area contributed by atoms with Crippen LogP contribution in [0.3, 0.4) is 0 Å². The van der Waals surface area contributed by atoms with Crippen LogP contribution in [-0.4, -0.2) is 49.6 Å². The van der Waals surface area contributed by atoms with E-state index in [9.17, 15) is 4.79 Å². The van der Waals surface area contributed by atoms with E-state index in [1.807, 2.05) is 0 Å². The minimum absolute atomic E-state index is 0.112. The highest BCUT2D eigenvalue weighted by Crippen LogP contribution is 2.36. The number of rotatable bonds is 3. The van der Waals surface area contributed by atoms with Crippen LogP contribution in [0.1, 0.15) is 19.3 Å². The number of carbonyl (C=O) groups is 1. The van der Waals surface area contributed by atoms with Crippen molar-refractivity contribution >= 4 is 5.97 Å². The molecule has 5 heteroatoms. The zero-order chi connectivity index (χ0) is 11.7. The molecule has 1 saturated carbocycles. The number of hydrogen-bond donors (Lipinski definition) is 2. The summed E-state index contributed by atoms with van der Waals surface area (Å²) < 4.78 is 10.9. The van der Waals surface area contributed by atoms with E-state index in [1.165, 1.54) is 0 Å². The Hall–Kier alpha value is -0.650. The number of hydrogen-bond acceptors (Lipinski definition) is 4. The molecule has 1 aliphatic carbocycles. The van der Waals surface area contributed by atoms with Crippen molar-refractivity contribution in [2.45, 2.75) is 43.6 Å². The predicted octanol–water partition coefficient (Wildman–Crippen LogP) is 0.241. The molecule has 2 aliphatic rings. The second kappa shape index (κ2) is 4.69. The highest BCUT2D eigenvalue weighted by molar-refractivity contribution is 5.74. The minimum Gasteiger partial charge on any atom is -0.480 e. The Bertz CT molecular complexity index is 251. The first-order valence-corrected chi connectivity index (χ1v) is 5.71. The van der Waals surface area contributed by atoms with Gasteiger partial charge in [-0.2, -0.15) is 0 Å². The van der Waals surface area contributed by atoms with Gasteiger partial charge in [0.1, 0.15) is 6.04 Å². The first kappa shape index (κ1) is 11.8. The van der Waals surface area contributed by atoms with E-state index in [-0.39, 0.29) is 24.2 Å². The topological polar surface area (TPSA) is 67.8 Å². The summed E-state index contributed by atoms with van der Waals surface area (Å²) >= 11 is 0. The van der Waals surface area contributed by atoms with Crippen LogP contribution in [0.4, 0.5) is 0 Å². The summed E-state index contributed by atoms with van der Waals surface area (Å²) in [5.74, 6) is -0.524. The molecule has 0 amide bonds. The Morgan fingerprint density at radius 3 is 2.44 bits per heavy atom. The van der Waals surface area contributed by atoms with Crippen molar-refractivity contribution in [2.75, 3.05) is 14.2 Å². The molecule has 1 saturated heterocycles. The maximum absolute atomic E-state index is 11.0. The molecule has 2 fully saturated rings. The van der Waals surface area contributed by atoms with Crippen molar-refractivity contribution in [1.82, 2.24) is 5.32 Å². The van der Waals surface area contributed by atoms with Crippen LogP contribution in [0.5, 0.6) is 0 Å². The van der Waals surface area contributed by atoms with Gasteiger partial charge in [0.15, 0.2) is 0 Å². The number of carboxylic acids is 1. The first-order chi connectivity index (χ1) is 7.67. The molecular weight excluding hydrogens is 210 g/mol. The molecule has 0 aromatic heterocycles. The fourth-order valence-corrected chi connectivity index (χ4v) is 3.06. The third kappa shape index (κ3) is 1.95. The lowest BCUT2D eigenvalue weighted by atomic mass is 9.80. The summed E-state index contributed by atoms with van der Waals surface area (Å²) in [6.07, 6.45) is 2.78. The summed E-state index contributed by atoms with van der Waals surface area (Å²) in [7, 11) is 3.38. The maximum Gasteiger partial charge on any atom is 0.320 e. The van der Waals surface area contributed by atoms with E-state index in [1.54, 1.807) is 14.2 Å². The second-order valence-corrected chi connectivity index (χ2v) is 4.61. The molecule has 1 heterocycles. The van der Waals surface area contributed by atoms with Gasteiger partial charge in [-0.1, -0.05) is 0 Å². The van der Waals surface area contributed by atoms with Gasteiger partial charge in [-0.3, -0.25) is 10.1 Å². The van der Waals surface area contributed by atoms with Gasteiger partial charge in [0, 0.05) is 26.2 Å². The van der Waals surface area contributed by atoms with Crippen molar-refractivity contribution in [2.24, 2.45) is 5.92 Å². The number of ether oxygens (including phenoxy) is 2. The van der Waals surface area contributed by atoms with E-state index in [0.717, 1.165) is 12.8 Å². The zero-order valence-corrected chi connectivity index (χ0v) is 9.68. The highest BCUT2D eigenvalue weighted by atomic mass is 16.5. The standard InChI is InChI=1S/C11H19NO4/c1-15-8-3-4-9(16-2)10-6(8)5-7(12-10)11(13)14/h6-10,12H,3-5H2,1-2H3,(H,13,14). The van der Waals surface area contributed by atoms with Crippen LogP contribution in [0.15, 0.2) is 0 Å². The largest absolute Gasteiger partial charge is 0.480 e. The van der Waals surface area contributed by atoms with Crippen molar-refractivity contribution in [3.8, 4) is 0 Å². The SMILES string of the molecule is COC1CCC(OC)C2NC(C(=O)O)CC12. The van der Waals surface area contributed by atoms with Crippen molar-refractivity contribution in [1.29, 1.82) is 0 Å². The van der Waals surface area contributed by atoms with Gasteiger partial charge in [0.2, 0.25) is 0 Å². The number of carboxylic acid groups (broad SMARTS) is 1. The predicted molar refractivity (Wildman–Crippen MR) is 57.3 cm³/mol. The van der Waals surface area contributed by atoms with Crippen molar-refractivity contribution in [3.63, 3.8) is 0 Å². The molecule has 92 valence electrons. The van der Waals surface area contributed by atoms with E-state index in [2.05, 4.69) is 5.32 Å². The van der Waals surface area contributed by atoms with E-state index < -0.39 is 12.0 Å². The van der Waals surface area contributed by atoms with Gasteiger partial charge in [-0.05, 0) is 19.3 Å². The number of fused-ring (bicyclic) bond motifs is 1. The maximum atomic E-state index is 11.0.